The van der Waals surface area contributed by atoms with Crippen molar-refractivity contribution in [2.45, 2.75) is 43.6 Å². The van der Waals surface area contributed by atoms with Crippen molar-refractivity contribution in [3.63, 3.8) is 0 Å². The van der Waals surface area contributed by atoms with Gasteiger partial charge in [-0.2, -0.15) is 0 Å². The normalized spacial score (nSPS) is 15.0. The van der Waals surface area contributed by atoms with Crippen molar-refractivity contribution in [3.05, 3.63) is 54.1 Å². The Kier molecular flexibility index (Phi) is 5.61. The fourth-order valence-corrected chi connectivity index (χ4v) is 4.19. The molecule has 6 heteroatoms. The summed E-state index contributed by atoms with van der Waals surface area (Å²) in [5.41, 5.74) is 0.748. The third kappa shape index (κ3) is 4.25. The lowest BCUT2D eigenvalue weighted by Gasteiger charge is -2.14. The van der Waals surface area contributed by atoms with Crippen molar-refractivity contribution in [1.82, 2.24) is 0 Å². The van der Waals surface area contributed by atoms with E-state index < -0.39 is 15.7 Å². The second-order valence-electron chi connectivity index (χ2n) is 6.40. The predicted octanol–water partition coefficient (Wildman–Crippen LogP) is 4.05. The van der Waals surface area contributed by atoms with Crippen molar-refractivity contribution in [2.24, 2.45) is 0 Å². The zero-order chi connectivity index (χ0) is 18.6. The molecule has 3 rings (SSSR count). The molecule has 138 valence electrons. The Morgan fingerprint density at radius 1 is 1.08 bits per heavy atom. The van der Waals surface area contributed by atoms with Crippen molar-refractivity contribution in [1.29, 1.82) is 0 Å². The van der Waals surface area contributed by atoms with Crippen LogP contribution in [0.2, 0.25) is 0 Å². The summed E-state index contributed by atoms with van der Waals surface area (Å²) in [6.07, 6.45) is 4.86. The maximum Gasteiger partial charge on any atom is 0.256 e. The minimum atomic E-state index is -3.47. The number of anilines is 1. The van der Waals surface area contributed by atoms with Gasteiger partial charge in [0.1, 0.15) is 5.75 Å². The molecule has 0 spiro atoms. The molecule has 2 aromatic carbocycles. The van der Waals surface area contributed by atoms with Crippen LogP contribution in [0, 0.1) is 0 Å². The predicted molar refractivity (Wildman–Crippen MR) is 101 cm³/mol. The number of hydrogen-bond acceptors (Lipinski definition) is 4. The van der Waals surface area contributed by atoms with Gasteiger partial charge in [-0.3, -0.25) is 4.79 Å². The summed E-state index contributed by atoms with van der Waals surface area (Å²) in [6, 6.07) is 13.4. The lowest BCUT2D eigenvalue weighted by molar-refractivity contribution is 0.102. The summed E-state index contributed by atoms with van der Waals surface area (Å²) in [6.45, 7) is 1.56. The largest absolute Gasteiger partial charge is 0.490 e. The monoisotopic (exact) mass is 373 g/mol. The van der Waals surface area contributed by atoms with Crippen molar-refractivity contribution < 1.29 is 17.9 Å². The van der Waals surface area contributed by atoms with E-state index in [2.05, 4.69) is 5.32 Å². The Balaban J connectivity index is 1.72. The lowest BCUT2D eigenvalue weighted by atomic mass is 10.2. The maximum absolute atomic E-state index is 12.6. The SMILES string of the molecule is CCS(=O)(=O)c1ccccc1C(=O)Nc1ccc(OC2CCCC2)cc1. The van der Waals surface area contributed by atoms with Crippen LogP contribution in [-0.2, 0) is 9.84 Å². The number of sulfone groups is 1. The summed E-state index contributed by atoms with van der Waals surface area (Å²) < 4.78 is 30.3. The van der Waals surface area contributed by atoms with Crippen LogP contribution in [0.5, 0.6) is 5.75 Å². The molecular formula is C20H23NO4S. The summed E-state index contributed by atoms with van der Waals surface area (Å²) >= 11 is 0. The minimum absolute atomic E-state index is 0.0511. The van der Waals surface area contributed by atoms with Crippen LogP contribution in [0.1, 0.15) is 43.0 Å². The molecule has 0 aliphatic heterocycles. The fourth-order valence-electron chi connectivity index (χ4n) is 3.09. The van der Waals surface area contributed by atoms with Crippen LogP contribution < -0.4 is 10.1 Å². The van der Waals surface area contributed by atoms with Gasteiger partial charge in [0.05, 0.1) is 22.3 Å². The molecule has 26 heavy (non-hydrogen) atoms. The van der Waals surface area contributed by atoms with Gasteiger partial charge in [0.15, 0.2) is 9.84 Å². The number of amides is 1. The van der Waals surface area contributed by atoms with Crippen LogP contribution in [0.3, 0.4) is 0 Å². The highest BCUT2D eigenvalue weighted by Crippen LogP contribution is 2.25. The molecular weight excluding hydrogens is 350 g/mol. The van der Waals surface area contributed by atoms with Crippen molar-refractivity contribution >= 4 is 21.4 Å². The summed E-state index contributed by atoms with van der Waals surface area (Å²) in [7, 11) is -3.47. The van der Waals surface area contributed by atoms with Gasteiger partial charge in [-0.1, -0.05) is 19.1 Å². The Hall–Kier alpha value is -2.34. The molecule has 0 heterocycles. The molecule has 0 unspecified atom stereocenters. The van der Waals surface area contributed by atoms with E-state index in [9.17, 15) is 13.2 Å². The highest BCUT2D eigenvalue weighted by molar-refractivity contribution is 7.91. The molecule has 0 bridgehead atoms. The Morgan fingerprint density at radius 3 is 2.38 bits per heavy atom. The average Bonchev–Trinajstić information content (AvgIpc) is 3.16. The van der Waals surface area contributed by atoms with E-state index in [1.807, 2.05) is 12.1 Å². The first-order valence-electron chi connectivity index (χ1n) is 8.89. The molecule has 1 fully saturated rings. The van der Waals surface area contributed by atoms with Gasteiger partial charge < -0.3 is 10.1 Å². The number of ether oxygens (including phenoxy) is 1. The first-order chi connectivity index (χ1) is 12.5. The molecule has 0 atom stereocenters. The number of rotatable bonds is 6. The van der Waals surface area contributed by atoms with E-state index in [0.717, 1.165) is 18.6 Å². The zero-order valence-electron chi connectivity index (χ0n) is 14.8. The van der Waals surface area contributed by atoms with Crippen LogP contribution >= 0.6 is 0 Å². The average molecular weight is 373 g/mol. The fraction of sp³-hybridized carbons (Fsp3) is 0.350. The van der Waals surface area contributed by atoms with E-state index in [-0.39, 0.29) is 22.3 Å². The second-order valence-corrected chi connectivity index (χ2v) is 8.65. The van der Waals surface area contributed by atoms with E-state index in [4.69, 9.17) is 4.74 Å². The third-order valence-electron chi connectivity index (χ3n) is 4.56. The molecule has 5 nitrogen and oxygen atoms in total. The summed E-state index contributed by atoms with van der Waals surface area (Å²) in [5.74, 6) is 0.288. The Labute approximate surface area is 154 Å². The van der Waals surface area contributed by atoms with Gasteiger partial charge >= 0.3 is 0 Å². The van der Waals surface area contributed by atoms with Crippen LogP contribution in [0.4, 0.5) is 5.69 Å². The smallest absolute Gasteiger partial charge is 0.256 e. The van der Waals surface area contributed by atoms with Crippen molar-refractivity contribution in [3.8, 4) is 5.75 Å². The van der Waals surface area contributed by atoms with Crippen molar-refractivity contribution in [2.75, 3.05) is 11.1 Å². The van der Waals surface area contributed by atoms with Gasteiger partial charge in [-0.15, -0.1) is 0 Å². The summed E-state index contributed by atoms with van der Waals surface area (Å²) in [4.78, 5) is 12.6. The van der Waals surface area contributed by atoms with E-state index >= 15 is 0 Å². The Bertz CT molecular complexity index is 869. The Morgan fingerprint density at radius 2 is 1.73 bits per heavy atom. The number of carbonyl (C=O) groups excluding carboxylic acids is 1. The minimum Gasteiger partial charge on any atom is -0.490 e. The maximum atomic E-state index is 12.6. The van der Waals surface area contributed by atoms with E-state index in [0.29, 0.717) is 5.69 Å². The summed E-state index contributed by atoms with van der Waals surface area (Å²) in [5, 5.41) is 2.76. The molecule has 0 aromatic heterocycles. The molecule has 1 aliphatic rings. The molecule has 1 aliphatic carbocycles. The van der Waals surface area contributed by atoms with Gasteiger partial charge in [-0.25, -0.2) is 8.42 Å². The van der Waals surface area contributed by atoms with Crippen LogP contribution in [-0.4, -0.2) is 26.2 Å². The molecule has 2 aromatic rings. The van der Waals surface area contributed by atoms with Crippen LogP contribution in [0.15, 0.2) is 53.4 Å². The number of hydrogen-bond donors (Lipinski definition) is 1. The van der Waals surface area contributed by atoms with Gasteiger partial charge in [0.25, 0.3) is 5.91 Å². The third-order valence-corrected chi connectivity index (χ3v) is 6.35. The first-order valence-corrected chi connectivity index (χ1v) is 10.5. The van der Waals surface area contributed by atoms with Gasteiger partial charge in [0.2, 0.25) is 0 Å². The standard InChI is InChI=1S/C20H23NO4S/c1-2-26(23,24)19-10-6-5-9-18(19)20(22)21-15-11-13-17(14-12-15)25-16-7-3-4-8-16/h5-6,9-14,16H,2-4,7-8H2,1H3,(H,21,22). The molecule has 1 saturated carbocycles. The first kappa shape index (κ1) is 18.5. The lowest BCUT2D eigenvalue weighted by Crippen LogP contribution is -2.17. The number of carbonyl (C=O) groups is 1. The van der Waals surface area contributed by atoms with Crippen LogP contribution in [0.25, 0.3) is 0 Å². The topological polar surface area (TPSA) is 72.5 Å². The number of benzene rings is 2. The molecule has 1 amide bonds. The van der Waals surface area contributed by atoms with Gasteiger partial charge in [-0.05, 0) is 62.1 Å². The highest BCUT2D eigenvalue weighted by Gasteiger charge is 2.21. The van der Waals surface area contributed by atoms with Gasteiger partial charge in [0, 0.05) is 5.69 Å². The highest BCUT2D eigenvalue weighted by atomic mass is 32.2. The zero-order valence-corrected chi connectivity index (χ0v) is 15.6. The molecule has 0 radical (unpaired) electrons. The van der Waals surface area contributed by atoms with E-state index in [1.165, 1.54) is 25.0 Å². The molecule has 1 N–H and O–H groups in total. The number of nitrogens with one attached hydrogen (secondary N) is 1. The quantitative estimate of drug-likeness (QED) is 0.829. The second kappa shape index (κ2) is 7.91. The van der Waals surface area contributed by atoms with E-state index in [1.54, 1.807) is 31.2 Å². The molecule has 0 saturated heterocycles.